The van der Waals surface area contributed by atoms with E-state index in [1.54, 1.807) is 13.2 Å². The van der Waals surface area contributed by atoms with Crippen LogP contribution >= 0.6 is 0 Å². The third-order valence-electron chi connectivity index (χ3n) is 5.02. The van der Waals surface area contributed by atoms with Crippen LogP contribution in [0.3, 0.4) is 0 Å². The van der Waals surface area contributed by atoms with E-state index in [-0.39, 0.29) is 0 Å². The van der Waals surface area contributed by atoms with Crippen LogP contribution in [0.1, 0.15) is 18.1 Å². The number of para-hydroxylation sites is 2. The van der Waals surface area contributed by atoms with Crippen LogP contribution in [-0.2, 0) is 17.9 Å². The molecule has 7 nitrogen and oxygen atoms in total. The fourth-order valence-corrected chi connectivity index (χ4v) is 3.33. The van der Waals surface area contributed by atoms with Crippen molar-refractivity contribution in [1.29, 1.82) is 0 Å². The van der Waals surface area contributed by atoms with Gasteiger partial charge in [-0.1, -0.05) is 36.4 Å². The second-order valence-electron chi connectivity index (χ2n) is 7.41. The largest absolute Gasteiger partial charge is 0.497 e. The van der Waals surface area contributed by atoms with Gasteiger partial charge in [0.1, 0.15) is 17.0 Å². The molecule has 0 amide bonds. The minimum Gasteiger partial charge on any atom is -0.497 e. The van der Waals surface area contributed by atoms with E-state index in [2.05, 4.69) is 4.98 Å². The van der Waals surface area contributed by atoms with Gasteiger partial charge in [-0.3, -0.25) is 0 Å². The minimum atomic E-state index is -1.01. The number of fused-ring (bicyclic) bond motifs is 1. The maximum Gasteiger partial charge on any atom is 0.344 e. The van der Waals surface area contributed by atoms with Crippen molar-refractivity contribution in [3.05, 3.63) is 83.9 Å². The lowest BCUT2D eigenvalue weighted by Gasteiger charge is -2.21. The van der Waals surface area contributed by atoms with Gasteiger partial charge in [-0.25, -0.2) is 4.79 Å². The molecule has 0 saturated carbocycles. The Bertz CT molecular complexity index is 1170. The summed E-state index contributed by atoms with van der Waals surface area (Å²) in [4.78, 5) is 17.8. The molecule has 0 aliphatic rings. The van der Waals surface area contributed by atoms with Gasteiger partial charge < -0.3 is 23.9 Å². The molecule has 7 heteroatoms. The lowest BCUT2D eigenvalue weighted by molar-refractivity contribution is -0.144. The van der Waals surface area contributed by atoms with E-state index in [4.69, 9.17) is 19.0 Å². The quantitative estimate of drug-likeness (QED) is 0.403. The molecule has 0 saturated heterocycles. The molecule has 1 heterocycles. The normalized spacial score (nSPS) is 11.8. The van der Waals surface area contributed by atoms with Crippen LogP contribution in [0.15, 0.2) is 77.2 Å². The number of aliphatic carboxylic acids is 1. The Kier molecular flexibility index (Phi) is 6.26. The Morgan fingerprint density at radius 2 is 1.75 bits per heavy atom. The van der Waals surface area contributed by atoms with Gasteiger partial charge in [-0.15, -0.1) is 0 Å². The molecule has 1 unspecified atom stereocenters. The van der Waals surface area contributed by atoms with Crippen molar-refractivity contribution in [1.82, 2.24) is 4.98 Å². The maximum absolute atomic E-state index is 11.1. The van der Waals surface area contributed by atoms with E-state index in [0.717, 1.165) is 28.0 Å². The van der Waals surface area contributed by atoms with Gasteiger partial charge in [-0.05, 0) is 54.4 Å². The minimum absolute atomic E-state index is 0.498. The van der Waals surface area contributed by atoms with Crippen LogP contribution < -0.4 is 14.4 Å². The zero-order valence-corrected chi connectivity index (χ0v) is 17.9. The molecule has 1 atom stereocenters. The number of ether oxygens (including phenoxy) is 2. The average molecular weight is 432 g/mol. The predicted octanol–water partition coefficient (Wildman–Crippen LogP) is 4.90. The molecule has 0 fully saturated rings. The van der Waals surface area contributed by atoms with Crippen LogP contribution in [-0.4, -0.2) is 29.3 Å². The summed E-state index contributed by atoms with van der Waals surface area (Å²) in [6, 6.07) is 23.4. The number of benzene rings is 3. The monoisotopic (exact) mass is 432 g/mol. The molecule has 4 rings (SSSR count). The molecular formula is C25H24N2O5. The summed E-state index contributed by atoms with van der Waals surface area (Å²) in [5.41, 5.74) is 3.51. The van der Waals surface area contributed by atoms with Crippen LogP contribution in [0.2, 0.25) is 0 Å². The number of carboxylic acids is 1. The summed E-state index contributed by atoms with van der Waals surface area (Å²) in [7, 11) is 1.64. The van der Waals surface area contributed by atoms with Gasteiger partial charge in [-0.2, -0.15) is 4.98 Å². The SMILES string of the molecule is COc1ccc(CN(Cc2cccc(OC(C)C(=O)O)c2)c2nc3ccccc3o2)cc1. The van der Waals surface area contributed by atoms with E-state index < -0.39 is 12.1 Å². The van der Waals surface area contributed by atoms with Crippen LogP contribution in [0.25, 0.3) is 11.1 Å². The molecule has 0 aliphatic heterocycles. The predicted molar refractivity (Wildman–Crippen MR) is 121 cm³/mol. The molecule has 3 aromatic carbocycles. The van der Waals surface area contributed by atoms with E-state index >= 15 is 0 Å². The Labute approximate surface area is 185 Å². The number of carboxylic acid groups (broad SMARTS) is 1. The first-order valence-corrected chi connectivity index (χ1v) is 10.2. The second-order valence-corrected chi connectivity index (χ2v) is 7.41. The number of carbonyl (C=O) groups is 1. The number of oxazole rings is 1. The summed E-state index contributed by atoms with van der Waals surface area (Å²) < 4.78 is 16.8. The molecule has 1 aromatic heterocycles. The summed E-state index contributed by atoms with van der Waals surface area (Å²) in [6.45, 7) is 2.56. The summed E-state index contributed by atoms with van der Waals surface area (Å²) in [6.07, 6.45) is -0.933. The smallest absolute Gasteiger partial charge is 0.344 e. The highest BCUT2D eigenvalue weighted by Crippen LogP contribution is 2.26. The van der Waals surface area contributed by atoms with Gasteiger partial charge in [0, 0.05) is 13.1 Å². The van der Waals surface area contributed by atoms with Crippen molar-refractivity contribution in [2.75, 3.05) is 12.0 Å². The molecule has 164 valence electrons. The van der Waals surface area contributed by atoms with Crippen LogP contribution in [0, 0.1) is 0 Å². The number of hydrogen-bond acceptors (Lipinski definition) is 6. The van der Waals surface area contributed by atoms with E-state index in [1.807, 2.05) is 71.6 Å². The molecule has 0 spiro atoms. The van der Waals surface area contributed by atoms with Gasteiger partial charge in [0.2, 0.25) is 0 Å². The van der Waals surface area contributed by atoms with Gasteiger partial charge in [0.15, 0.2) is 11.7 Å². The van der Waals surface area contributed by atoms with E-state index in [9.17, 15) is 4.79 Å². The first kappa shape index (κ1) is 21.2. The van der Waals surface area contributed by atoms with E-state index in [0.29, 0.717) is 24.9 Å². The molecule has 4 aromatic rings. The lowest BCUT2D eigenvalue weighted by Crippen LogP contribution is -2.24. The van der Waals surface area contributed by atoms with Crippen molar-refractivity contribution in [2.24, 2.45) is 0 Å². The number of hydrogen-bond donors (Lipinski definition) is 1. The Morgan fingerprint density at radius 1 is 1.00 bits per heavy atom. The summed E-state index contributed by atoms with van der Waals surface area (Å²) in [5.74, 6) is 0.280. The van der Waals surface area contributed by atoms with Crippen LogP contribution in [0.5, 0.6) is 11.5 Å². The lowest BCUT2D eigenvalue weighted by atomic mass is 10.1. The van der Waals surface area contributed by atoms with Gasteiger partial charge >= 0.3 is 5.97 Å². The second kappa shape index (κ2) is 9.43. The highest BCUT2D eigenvalue weighted by molar-refractivity contribution is 5.74. The first-order valence-electron chi connectivity index (χ1n) is 10.2. The number of methoxy groups -OCH3 is 1. The third-order valence-corrected chi connectivity index (χ3v) is 5.02. The van der Waals surface area contributed by atoms with Crippen LogP contribution in [0.4, 0.5) is 6.01 Å². The first-order chi connectivity index (χ1) is 15.5. The van der Waals surface area contributed by atoms with Crippen molar-refractivity contribution in [3.8, 4) is 11.5 Å². The summed E-state index contributed by atoms with van der Waals surface area (Å²) in [5, 5.41) is 9.11. The molecule has 0 bridgehead atoms. The molecule has 0 aliphatic carbocycles. The third kappa shape index (κ3) is 5.00. The van der Waals surface area contributed by atoms with Gasteiger partial charge in [0.25, 0.3) is 6.01 Å². The zero-order chi connectivity index (χ0) is 22.5. The summed E-state index contributed by atoms with van der Waals surface area (Å²) >= 11 is 0. The van der Waals surface area contributed by atoms with Crippen molar-refractivity contribution < 1.29 is 23.8 Å². The number of nitrogens with zero attached hydrogens (tertiary/aromatic N) is 2. The maximum atomic E-state index is 11.1. The Hall–Kier alpha value is -4.00. The topological polar surface area (TPSA) is 85.0 Å². The van der Waals surface area contributed by atoms with Crippen molar-refractivity contribution in [2.45, 2.75) is 26.1 Å². The standard InChI is InChI=1S/C25H24N2O5/c1-17(24(28)29)31-21-7-5-6-19(14-21)16-27(15-18-10-12-20(30-2)13-11-18)25-26-22-8-3-4-9-23(22)32-25/h3-14,17H,15-16H2,1-2H3,(H,28,29). The fourth-order valence-electron chi connectivity index (χ4n) is 3.33. The highest BCUT2D eigenvalue weighted by atomic mass is 16.5. The van der Waals surface area contributed by atoms with Crippen molar-refractivity contribution in [3.63, 3.8) is 0 Å². The fraction of sp³-hybridized carbons (Fsp3) is 0.200. The number of anilines is 1. The molecule has 32 heavy (non-hydrogen) atoms. The Morgan fingerprint density at radius 3 is 2.47 bits per heavy atom. The van der Waals surface area contributed by atoms with E-state index in [1.165, 1.54) is 6.92 Å². The zero-order valence-electron chi connectivity index (χ0n) is 17.9. The Balaban J connectivity index is 1.62. The van der Waals surface area contributed by atoms with Crippen molar-refractivity contribution >= 4 is 23.1 Å². The molecule has 0 radical (unpaired) electrons. The number of rotatable bonds is 9. The molecular weight excluding hydrogens is 408 g/mol. The molecule has 1 N–H and O–H groups in total. The number of aromatic nitrogens is 1. The average Bonchev–Trinajstić information content (AvgIpc) is 3.24. The highest BCUT2D eigenvalue weighted by Gasteiger charge is 2.17. The van der Waals surface area contributed by atoms with Gasteiger partial charge in [0.05, 0.1) is 7.11 Å².